The second kappa shape index (κ2) is 5.56. The summed E-state index contributed by atoms with van der Waals surface area (Å²) < 4.78 is 11.2. The number of ether oxygens (including phenoxy) is 2. The van der Waals surface area contributed by atoms with E-state index in [2.05, 4.69) is 5.18 Å². The van der Waals surface area contributed by atoms with E-state index in [1.54, 1.807) is 13.2 Å². The summed E-state index contributed by atoms with van der Waals surface area (Å²) in [7, 11) is 1.63. The molecule has 3 rings (SSSR count). The van der Waals surface area contributed by atoms with Crippen molar-refractivity contribution in [3.05, 3.63) is 59.0 Å². The van der Waals surface area contributed by atoms with Crippen LogP contribution >= 0.6 is 0 Å². The van der Waals surface area contributed by atoms with Gasteiger partial charge in [-0.1, -0.05) is 30.3 Å². The molecule has 108 valence electrons. The monoisotopic (exact) mass is 283 g/mol. The van der Waals surface area contributed by atoms with E-state index < -0.39 is 0 Å². The Hall–Kier alpha value is -2.36. The summed E-state index contributed by atoms with van der Waals surface area (Å²) in [5.41, 5.74) is 1.40. The van der Waals surface area contributed by atoms with E-state index in [1.807, 2.05) is 42.5 Å². The molecule has 1 fully saturated rings. The van der Waals surface area contributed by atoms with Crippen molar-refractivity contribution in [2.75, 3.05) is 13.7 Å². The predicted molar refractivity (Wildman–Crippen MR) is 81.3 cm³/mol. The lowest BCUT2D eigenvalue weighted by Crippen LogP contribution is -2.18. The topological polar surface area (TPSA) is 47.9 Å². The Morgan fingerprint density at radius 3 is 2.38 bits per heavy atom. The lowest BCUT2D eigenvalue weighted by atomic mass is 9.95. The largest absolute Gasteiger partial charge is 0.493 e. The maximum Gasteiger partial charge on any atom is 0.161 e. The van der Waals surface area contributed by atoms with Crippen molar-refractivity contribution in [1.82, 2.24) is 0 Å². The van der Waals surface area contributed by atoms with Crippen LogP contribution in [0.4, 0.5) is 5.69 Å². The Bertz CT molecular complexity index is 650. The number of nitrogens with zero attached hydrogens (tertiary/aromatic N) is 1. The van der Waals surface area contributed by atoms with E-state index in [9.17, 15) is 4.91 Å². The fourth-order valence-electron chi connectivity index (χ4n) is 2.60. The molecular formula is C17H17NO3. The first-order valence-electron chi connectivity index (χ1n) is 6.98. The first kappa shape index (κ1) is 13.6. The zero-order valence-electron chi connectivity index (χ0n) is 11.9. The molecule has 0 atom stereocenters. The van der Waals surface area contributed by atoms with E-state index in [1.165, 1.54) is 0 Å². The second-order valence-electron chi connectivity index (χ2n) is 5.33. The Labute approximate surface area is 123 Å². The van der Waals surface area contributed by atoms with Gasteiger partial charge < -0.3 is 9.47 Å². The Morgan fingerprint density at radius 2 is 1.71 bits per heavy atom. The maximum atomic E-state index is 11.0. The summed E-state index contributed by atoms with van der Waals surface area (Å²) in [5.74, 6) is 1.44. The van der Waals surface area contributed by atoms with Crippen LogP contribution in [-0.2, 0) is 5.41 Å². The van der Waals surface area contributed by atoms with E-state index in [0.29, 0.717) is 12.3 Å². The van der Waals surface area contributed by atoms with Crippen LogP contribution in [0.2, 0.25) is 0 Å². The van der Waals surface area contributed by atoms with E-state index in [0.717, 1.165) is 29.9 Å². The highest BCUT2D eigenvalue weighted by Crippen LogP contribution is 2.51. The van der Waals surface area contributed by atoms with Crippen molar-refractivity contribution in [3.63, 3.8) is 0 Å². The van der Waals surface area contributed by atoms with Gasteiger partial charge in [-0.3, -0.25) is 0 Å². The molecule has 0 unspecified atom stereocenters. The molecule has 1 saturated carbocycles. The number of hydrogen-bond acceptors (Lipinski definition) is 4. The van der Waals surface area contributed by atoms with Gasteiger partial charge in [0.05, 0.1) is 13.7 Å². The fraction of sp³-hybridized carbons (Fsp3) is 0.294. The molecule has 0 bridgehead atoms. The molecule has 0 saturated heterocycles. The second-order valence-corrected chi connectivity index (χ2v) is 5.33. The Kier molecular flexibility index (Phi) is 3.60. The molecule has 1 aliphatic carbocycles. The summed E-state index contributed by atoms with van der Waals surface area (Å²) >= 11 is 0. The lowest BCUT2D eigenvalue weighted by Gasteiger charge is -2.18. The summed E-state index contributed by atoms with van der Waals surface area (Å²) in [6.07, 6.45) is 2.02. The van der Waals surface area contributed by atoms with Crippen LogP contribution in [0.3, 0.4) is 0 Å². The molecule has 2 aromatic carbocycles. The van der Waals surface area contributed by atoms with E-state index in [-0.39, 0.29) is 5.41 Å². The predicted octanol–water partition coefficient (Wildman–Crippen LogP) is 4.20. The normalized spacial score (nSPS) is 15.3. The van der Waals surface area contributed by atoms with Crippen LogP contribution in [0, 0.1) is 4.91 Å². The molecule has 0 spiro atoms. The Morgan fingerprint density at radius 1 is 1.05 bits per heavy atom. The molecule has 0 radical (unpaired) electrons. The van der Waals surface area contributed by atoms with Gasteiger partial charge >= 0.3 is 0 Å². The molecule has 21 heavy (non-hydrogen) atoms. The highest BCUT2D eigenvalue weighted by molar-refractivity contribution is 5.52. The van der Waals surface area contributed by atoms with Crippen molar-refractivity contribution in [1.29, 1.82) is 0 Å². The summed E-state index contributed by atoms with van der Waals surface area (Å²) in [4.78, 5) is 11.0. The third-order valence-electron chi connectivity index (χ3n) is 4.00. The minimum absolute atomic E-state index is 0.0919. The van der Waals surface area contributed by atoms with Gasteiger partial charge in [0.2, 0.25) is 0 Å². The van der Waals surface area contributed by atoms with Crippen LogP contribution < -0.4 is 9.47 Å². The molecule has 4 nitrogen and oxygen atoms in total. The number of rotatable bonds is 6. The van der Waals surface area contributed by atoms with Crippen molar-refractivity contribution in [2.24, 2.45) is 5.18 Å². The van der Waals surface area contributed by atoms with Gasteiger partial charge in [0.15, 0.2) is 11.5 Å². The molecule has 0 heterocycles. The van der Waals surface area contributed by atoms with Gasteiger partial charge in [0, 0.05) is 5.41 Å². The van der Waals surface area contributed by atoms with Crippen molar-refractivity contribution >= 4 is 5.69 Å². The van der Waals surface area contributed by atoms with Crippen LogP contribution in [0.5, 0.6) is 11.5 Å². The zero-order valence-corrected chi connectivity index (χ0v) is 11.9. The lowest BCUT2D eigenvalue weighted by molar-refractivity contribution is 0.263. The van der Waals surface area contributed by atoms with Crippen molar-refractivity contribution in [2.45, 2.75) is 18.3 Å². The van der Waals surface area contributed by atoms with Gasteiger partial charge in [-0.05, 0) is 41.8 Å². The Balaban J connectivity index is 1.80. The van der Waals surface area contributed by atoms with Crippen LogP contribution in [0.25, 0.3) is 0 Å². The van der Waals surface area contributed by atoms with Gasteiger partial charge in [-0.25, -0.2) is 0 Å². The summed E-state index contributed by atoms with van der Waals surface area (Å²) in [5, 5.41) is 3.14. The minimum atomic E-state index is -0.0919. The van der Waals surface area contributed by atoms with Crippen LogP contribution in [-0.4, -0.2) is 13.7 Å². The number of para-hydroxylation sites is 2. The standard InChI is InChI=1S/C17H17NO3/c1-20-15-8-4-5-9-16(15)21-12-17(10-11-17)13-6-2-3-7-14(13)18-19/h2-9H,10-12H2,1H3. The van der Waals surface area contributed by atoms with Crippen molar-refractivity contribution in [3.8, 4) is 11.5 Å². The third kappa shape index (κ3) is 2.61. The average molecular weight is 283 g/mol. The van der Waals surface area contributed by atoms with Gasteiger partial charge in [-0.15, -0.1) is 4.91 Å². The first-order chi connectivity index (χ1) is 10.3. The number of hydrogen-bond donors (Lipinski definition) is 0. The quantitative estimate of drug-likeness (QED) is 0.746. The van der Waals surface area contributed by atoms with E-state index >= 15 is 0 Å². The SMILES string of the molecule is COc1ccccc1OCC1(c2ccccc2N=O)CC1. The molecule has 0 aromatic heterocycles. The summed E-state index contributed by atoms with van der Waals surface area (Å²) in [6.45, 7) is 0.528. The molecule has 0 aliphatic heterocycles. The first-order valence-corrected chi connectivity index (χ1v) is 6.98. The maximum absolute atomic E-state index is 11.0. The molecule has 4 heteroatoms. The molecule has 0 N–H and O–H groups in total. The molecule has 0 amide bonds. The smallest absolute Gasteiger partial charge is 0.161 e. The van der Waals surface area contributed by atoms with Crippen LogP contribution in [0.1, 0.15) is 18.4 Å². The van der Waals surface area contributed by atoms with Gasteiger partial charge in [0.1, 0.15) is 5.69 Å². The third-order valence-corrected chi connectivity index (χ3v) is 4.00. The highest BCUT2D eigenvalue weighted by atomic mass is 16.5. The number of nitroso groups, excluding NO2 is 1. The minimum Gasteiger partial charge on any atom is -0.493 e. The van der Waals surface area contributed by atoms with Crippen molar-refractivity contribution < 1.29 is 9.47 Å². The van der Waals surface area contributed by atoms with E-state index in [4.69, 9.17) is 9.47 Å². The van der Waals surface area contributed by atoms with Gasteiger partial charge in [0.25, 0.3) is 0 Å². The summed E-state index contributed by atoms with van der Waals surface area (Å²) in [6, 6.07) is 15.1. The van der Waals surface area contributed by atoms with Gasteiger partial charge in [-0.2, -0.15) is 0 Å². The fourth-order valence-corrected chi connectivity index (χ4v) is 2.60. The molecular weight excluding hydrogens is 266 g/mol. The number of benzene rings is 2. The highest BCUT2D eigenvalue weighted by Gasteiger charge is 2.47. The molecule has 2 aromatic rings. The van der Waals surface area contributed by atoms with Crippen LogP contribution in [0.15, 0.2) is 53.7 Å². The zero-order chi connectivity index (χ0) is 14.7. The number of methoxy groups -OCH3 is 1. The average Bonchev–Trinajstić information content (AvgIpc) is 3.34. The molecule has 1 aliphatic rings.